The minimum Gasteiger partial charge on any atom is -0.493 e. The molecular formula is C31H27F3N6O4. The normalized spacial score (nSPS) is 14.4. The third-order valence-electron chi connectivity index (χ3n) is 6.80. The van der Waals surface area contributed by atoms with Crippen molar-refractivity contribution in [1.29, 1.82) is 0 Å². The van der Waals surface area contributed by atoms with E-state index in [0.29, 0.717) is 34.6 Å². The maximum Gasteiger partial charge on any atom is 0.573 e. The van der Waals surface area contributed by atoms with Crippen LogP contribution < -0.4 is 25.7 Å². The molecule has 1 aliphatic rings. The van der Waals surface area contributed by atoms with Crippen LogP contribution in [0.4, 0.5) is 24.9 Å². The van der Waals surface area contributed by atoms with Crippen molar-refractivity contribution in [2.24, 2.45) is 5.10 Å². The minimum atomic E-state index is -4.83. The summed E-state index contributed by atoms with van der Waals surface area (Å²) in [5.74, 6) is 0.264. The minimum absolute atomic E-state index is 0.0626. The molecule has 1 amide bonds. The molecule has 0 radical (unpaired) electrons. The lowest BCUT2D eigenvalue weighted by Crippen LogP contribution is -2.33. The van der Waals surface area contributed by atoms with Crippen LogP contribution in [0.3, 0.4) is 0 Å². The third kappa shape index (κ3) is 6.56. The number of halogens is 3. The van der Waals surface area contributed by atoms with Crippen LogP contribution in [0.2, 0.25) is 0 Å². The van der Waals surface area contributed by atoms with E-state index in [1.807, 2.05) is 30.3 Å². The number of methoxy groups -OCH3 is 2. The lowest BCUT2D eigenvalue weighted by molar-refractivity contribution is -0.274. The molecule has 1 atom stereocenters. The Morgan fingerprint density at radius 1 is 1.05 bits per heavy atom. The summed E-state index contributed by atoms with van der Waals surface area (Å²) >= 11 is 0. The van der Waals surface area contributed by atoms with Crippen LogP contribution in [0.25, 0.3) is 6.08 Å². The van der Waals surface area contributed by atoms with Crippen molar-refractivity contribution in [1.82, 2.24) is 15.0 Å². The quantitative estimate of drug-likeness (QED) is 0.264. The number of ether oxygens (including phenoxy) is 3. The largest absolute Gasteiger partial charge is 0.573 e. The summed E-state index contributed by atoms with van der Waals surface area (Å²) in [4.78, 5) is 21.7. The molecule has 0 bridgehead atoms. The summed E-state index contributed by atoms with van der Waals surface area (Å²) in [6.07, 6.45) is 1.53. The van der Waals surface area contributed by atoms with Gasteiger partial charge in [0, 0.05) is 35.4 Å². The highest BCUT2D eigenvalue weighted by atomic mass is 19.4. The van der Waals surface area contributed by atoms with Gasteiger partial charge in [0.05, 0.1) is 20.4 Å². The summed E-state index contributed by atoms with van der Waals surface area (Å²) in [6, 6.07) is 15.5. The first-order valence-electron chi connectivity index (χ1n) is 13.2. The van der Waals surface area contributed by atoms with Crippen molar-refractivity contribution >= 4 is 30.0 Å². The Labute approximate surface area is 250 Å². The number of rotatable bonds is 8. The van der Waals surface area contributed by atoms with E-state index in [0.717, 1.165) is 16.7 Å². The molecule has 5 rings (SSSR count). The molecule has 13 heteroatoms. The smallest absolute Gasteiger partial charge is 0.493 e. The molecule has 2 heterocycles. The van der Waals surface area contributed by atoms with Crippen LogP contribution in [0, 0.1) is 0 Å². The van der Waals surface area contributed by atoms with Gasteiger partial charge in [-0.25, -0.2) is 9.99 Å². The lowest BCUT2D eigenvalue weighted by atomic mass is 9.93. The third-order valence-corrected chi connectivity index (χ3v) is 6.80. The Bertz CT molecular complexity index is 1740. The summed E-state index contributed by atoms with van der Waals surface area (Å²) < 4.78 is 53.3. The van der Waals surface area contributed by atoms with Crippen LogP contribution in [-0.4, -0.2) is 47.7 Å². The average molecular weight is 605 g/mol. The van der Waals surface area contributed by atoms with E-state index in [4.69, 9.17) is 20.9 Å². The van der Waals surface area contributed by atoms with Crippen molar-refractivity contribution in [3.63, 3.8) is 0 Å². The predicted molar refractivity (Wildman–Crippen MR) is 158 cm³/mol. The van der Waals surface area contributed by atoms with Gasteiger partial charge in [-0.15, -0.1) is 13.2 Å². The van der Waals surface area contributed by atoms with Crippen LogP contribution in [0.15, 0.2) is 78.0 Å². The predicted octanol–water partition coefficient (Wildman–Crippen LogP) is 5.13. The number of hydrogen-bond acceptors (Lipinski definition) is 9. The van der Waals surface area contributed by atoms with E-state index in [-0.39, 0.29) is 17.5 Å². The number of alkyl halides is 3. The molecule has 226 valence electrons. The Morgan fingerprint density at radius 3 is 2.48 bits per heavy atom. The van der Waals surface area contributed by atoms with Gasteiger partial charge in [-0.3, -0.25) is 4.79 Å². The van der Waals surface area contributed by atoms with Gasteiger partial charge in [0.2, 0.25) is 5.95 Å². The first kappa shape index (κ1) is 29.9. The number of hydrazone groups is 1. The molecule has 0 saturated heterocycles. The monoisotopic (exact) mass is 604 g/mol. The van der Waals surface area contributed by atoms with Gasteiger partial charge in [0.1, 0.15) is 17.6 Å². The fourth-order valence-corrected chi connectivity index (χ4v) is 4.86. The number of carbonyl (C=O) groups excluding carboxylic acids is 1. The van der Waals surface area contributed by atoms with Crippen molar-refractivity contribution in [3.05, 3.63) is 106 Å². The van der Waals surface area contributed by atoms with E-state index in [9.17, 15) is 18.0 Å². The van der Waals surface area contributed by atoms with Crippen LogP contribution in [0.1, 0.15) is 39.4 Å². The number of amides is 1. The molecule has 0 aliphatic carbocycles. The summed E-state index contributed by atoms with van der Waals surface area (Å²) in [5, 5.41) is 5.65. The van der Waals surface area contributed by atoms with E-state index in [2.05, 4.69) is 19.8 Å². The van der Waals surface area contributed by atoms with Crippen molar-refractivity contribution in [2.75, 3.05) is 25.7 Å². The second kappa shape index (κ2) is 12.3. The van der Waals surface area contributed by atoms with Gasteiger partial charge in [-0.1, -0.05) is 36.4 Å². The SMILES string of the molecule is COc1cc(Cc2cnc(N)nc2N)cc(C=CC(=O)N2N=Cc3ccccc3C2c2ccc(OC(F)(F)F)cc2)c1OC. The lowest BCUT2D eigenvalue weighted by Gasteiger charge is -2.31. The van der Waals surface area contributed by atoms with Crippen LogP contribution in [-0.2, 0) is 11.2 Å². The fraction of sp³-hybridized carbons (Fsp3) is 0.161. The molecule has 44 heavy (non-hydrogen) atoms. The van der Waals surface area contributed by atoms with E-state index < -0.39 is 18.3 Å². The fourth-order valence-electron chi connectivity index (χ4n) is 4.86. The zero-order chi connectivity index (χ0) is 31.4. The molecule has 4 aromatic rings. The maximum atomic E-state index is 13.7. The van der Waals surface area contributed by atoms with Gasteiger partial charge in [0.25, 0.3) is 5.91 Å². The summed E-state index contributed by atoms with van der Waals surface area (Å²) in [5.41, 5.74) is 15.7. The van der Waals surface area contributed by atoms with Gasteiger partial charge in [-0.2, -0.15) is 10.1 Å². The number of anilines is 2. The number of nitrogen functional groups attached to an aromatic ring is 2. The Kier molecular flexibility index (Phi) is 8.38. The van der Waals surface area contributed by atoms with Gasteiger partial charge in [-0.05, 0) is 47.0 Å². The topological polar surface area (TPSA) is 138 Å². The number of nitrogens with zero attached hydrogens (tertiary/aromatic N) is 4. The molecule has 10 nitrogen and oxygen atoms in total. The second-order valence-corrected chi connectivity index (χ2v) is 9.65. The number of fused-ring (bicyclic) bond motifs is 1. The second-order valence-electron chi connectivity index (χ2n) is 9.65. The molecule has 1 aromatic heterocycles. The van der Waals surface area contributed by atoms with E-state index in [1.54, 1.807) is 24.6 Å². The highest BCUT2D eigenvalue weighted by Gasteiger charge is 2.32. The van der Waals surface area contributed by atoms with Crippen molar-refractivity contribution in [3.8, 4) is 17.2 Å². The number of aromatic nitrogens is 2. The molecular weight excluding hydrogens is 577 g/mol. The van der Waals surface area contributed by atoms with E-state index in [1.165, 1.54) is 49.6 Å². The summed E-state index contributed by atoms with van der Waals surface area (Å²) in [6.45, 7) is 0. The Morgan fingerprint density at radius 2 is 1.80 bits per heavy atom. The van der Waals surface area contributed by atoms with Crippen LogP contribution in [0.5, 0.6) is 17.2 Å². The van der Waals surface area contributed by atoms with E-state index >= 15 is 0 Å². The zero-order valence-corrected chi connectivity index (χ0v) is 23.6. The highest BCUT2D eigenvalue weighted by molar-refractivity contribution is 5.95. The van der Waals surface area contributed by atoms with Gasteiger partial charge < -0.3 is 25.7 Å². The van der Waals surface area contributed by atoms with Crippen molar-refractivity contribution in [2.45, 2.75) is 18.8 Å². The van der Waals surface area contributed by atoms with Gasteiger partial charge >= 0.3 is 6.36 Å². The average Bonchev–Trinajstić information content (AvgIpc) is 3.00. The van der Waals surface area contributed by atoms with Crippen molar-refractivity contribution < 1.29 is 32.2 Å². The molecule has 3 aromatic carbocycles. The molecule has 0 spiro atoms. The Balaban J connectivity index is 1.47. The molecule has 1 unspecified atom stereocenters. The Hall–Kier alpha value is -5.59. The van der Waals surface area contributed by atoms with Crippen LogP contribution >= 0.6 is 0 Å². The molecule has 4 N–H and O–H groups in total. The number of benzene rings is 3. The first-order chi connectivity index (χ1) is 21.1. The standard InChI is InChI=1S/C31H27F3N6O4/c1-42-25-15-18(14-22-16-37-30(36)39-29(22)35)13-20(28(25)43-2)9-12-26(41)40-27(24-6-4-3-5-21(24)17-38-40)19-7-10-23(11-8-19)44-31(32,33)34/h3-13,15-17,27H,14H2,1-2H3,(H4,35,36,37,39). The molecule has 0 fully saturated rings. The number of hydrogen-bond donors (Lipinski definition) is 2. The molecule has 0 saturated carbocycles. The number of carbonyl (C=O) groups is 1. The summed E-state index contributed by atoms with van der Waals surface area (Å²) in [7, 11) is 2.98. The van der Waals surface area contributed by atoms with Gasteiger partial charge in [0.15, 0.2) is 11.5 Å². The first-order valence-corrected chi connectivity index (χ1v) is 13.2. The molecule has 1 aliphatic heterocycles. The maximum absolute atomic E-state index is 13.7. The highest BCUT2D eigenvalue weighted by Crippen LogP contribution is 2.37. The number of nitrogens with two attached hydrogens (primary N) is 2. The zero-order valence-electron chi connectivity index (χ0n) is 23.6.